The van der Waals surface area contributed by atoms with Gasteiger partial charge < -0.3 is 14.7 Å². The number of likely N-dealkylation sites (N-methyl/N-ethyl adjacent to an activating group) is 1. The fourth-order valence-electron chi connectivity index (χ4n) is 2.96. The molecule has 7 heteroatoms. The highest BCUT2D eigenvalue weighted by Crippen LogP contribution is 2.20. The molecular formula is C14H20N4O2S. The van der Waals surface area contributed by atoms with Crippen LogP contribution < -0.4 is 0 Å². The molecular weight excluding hydrogens is 288 g/mol. The van der Waals surface area contributed by atoms with Crippen LogP contribution in [0.15, 0.2) is 5.38 Å². The van der Waals surface area contributed by atoms with E-state index in [1.807, 2.05) is 22.2 Å². The average Bonchev–Trinajstić information content (AvgIpc) is 3.04. The summed E-state index contributed by atoms with van der Waals surface area (Å²) in [6.07, 6.45) is 1.28. The fourth-order valence-corrected chi connectivity index (χ4v) is 3.71. The lowest BCUT2D eigenvalue weighted by Gasteiger charge is -2.36. The molecule has 21 heavy (non-hydrogen) atoms. The van der Waals surface area contributed by atoms with Gasteiger partial charge in [-0.15, -0.1) is 11.3 Å². The van der Waals surface area contributed by atoms with E-state index in [1.165, 1.54) is 0 Å². The maximum Gasteiger partial charge on any atom is 0.320 e. The summed E-state index contributed by atoms with van der Waals surface area (Å²) in [5.74, 6) is 0.115. The molecule has 3 heterocycles. The van der Waals surface area contributed by atoms with Crippen LogP contribution in [0.5, 0.6) is 0 Å². The van der Waals surface area contributed by atoms with Crippen LogP contribution in [0.4, 0.5) is 4.79 Å². The van der Waals surface area contributed by atoms with Crippen molar-refractivity contribution in [2.75, 3.05) is 33.2 Å². The Labute approximate surface area is 128 Å². The summed E-state index contributed by atoms with van der Waals surface area (Å²) in [4.78, 5) is 34.2. The number of thiazole rings is 1. The van der Waals surface area contributed by atoms with Gasteiger partial charge in [0.2, 0.25) is 5.91 Å². The standard InChI is InChI=1S/C14H20N4O2S/c1-3-12-15-10(9-21-12)6-13(19)17-4-5-18-11(8-17)7-16(2)14(18)20/h9,11H,3-8H2,1-2H3/t11-/m1/s1. The quantitative estimate of drug-likeness (QED) is 0.831. The number of hydrogen-bond acceptors (Lipinski definition) is 4. The largest absolute Gasteiger partial charge is 0.338 e. The van der Waals surface area contributed by atoms with Gasteiger partial charge in [0, 0.05) is 38.6 Å². The van der Waals surface area contributed by atoms with Gasteiger partial charge in [-0.1, -0.05) is 6.92 Å². The maximum absolute atomic E-state index is 12.4. The van der Waals surface area contributed by atoms with Crippen LogP contribution in [-0.2, 0) is 17.6 Å². The minimum Gasteiger partial charge on any atom is -0.338 e. The van der Waals surface area contributed by atoms with Gasteiger partial charge in [0.05, 0.1) is 23.2 Å². The highest BCUT2D eigenvalue weighted by molar-refractivity contribution is 7.09. The molecule has 6 nitrogen and oxygen atoms in total. The minimum atomic E-state index is 0.0826. The predicted molar refractivity (Wildman–Crippen MR) is 80.3 cm³/mol. The van der Waals surface area contributed by atoms with Gasteiger partial charge >= 0.3 is 6.03 Å². The van der Waals surface area contributed by atoms with Gasteiger partial charge in [0.15, 0.2) is 0 Å². The summed E-state index contributed by atoms with van der Waals surface area (Å²) >= 11 is 1.61. The molecule has 0 spiro atoms. The number of urea groups is 1. The molecule has 3 rings (SSSR count). The van der Waals surface area contributed by atoms with Crippen LogP contribution in [0.25, 0.3) is 0 Å². The number of carbonyl (C=O) groups is 2. The number of hydrogen-bond donors (Lipinski definition) is 0. The first-order valence-electron chi connectivity index (χ1n) is 7.31. The van der Waals surface area contributed by atoms with E-state index in [0.717, 1.165) is 17.1 Å². The van der Waals surface area contributed by atoms with Crippen molar-refractivity contribution in [1.82, 2.24) is 19.7 Å². The first-order chi connectivity index (χ1) is 10.1. The second kappa shape index (κ2) is 5.63. The van der Waals surface area contributed by atoms with Crippen LogP contribution >= 0.6 is 11.3 Å². The first kappa shape index (κ1) is 14.3. The molecule has 2 fully saturated rings. The first-order valence-corrected chi connectivity index (χ1v) is 8.19. The summed E-state index contributed by atoms with van der Waals surface area (Å²) in [6.45, 7) is 4.67. The highest BCUT2D eigenvalue weighted by atomic mass is 32.1. The van der Waals surface area contributed by atoms with Crippen molar-refractivity contribution in [2.24, 2.45) is 0 Å². The number of fused-ring (bicyclic) bond motifs is 1. The molecule has 114 valence electrons. The lowest BCUT2D eigenvalue weighted by Crippen LogP contribution is -2.54. The third kappa shape index (κ3) is 2.74. The molecule has 0 N–H and O–H groups in total. The maximum atomic E-state index is 12.4. The molecule has 1 aromatic heterocycles. The molecule has 2 saturated heterocycles. The van der Waals surface area contributed by atoms with Gasteiger partial charge in [0.1, 0.15) is 0 Å². The average molecular weight is 308 g/mol. The van der Waals surface area contributed by atoms with E-state index in [9.17, 15) is 9.59 Å². The van der Waals surface area contributed by atoms with Crippen LogP contribution in [-0.4, -0.2) is 70.9 Å². The molecule has 0 saturated carbocycles. The second-order valence-corrected chi connectivity index (χ2v) is 6.56. The Morgan fingerprint density at radius 2 is 2.24 bits per heavy atom. The van der Waals surface area contributed by atoms with Crippen molar-refractivity contribution < 1.29 is 9.59 Å². The van der Waals surface area contributed by atoms with E-state index < -0.39 is 0 Å². The van der Waals surface area contributed by atoms with E-state index in [4.69, 9.17) is 0 Å². The molecule has 0 aromatic carbocycles. The summed E-state index contributed by atoms with van der Waals surface area (Å²) in [5, 5.41) is 3.05. The number of carbonyl (C=O) groups excluding carboxylic acids is 2. The Bertz CT molecular complexity index is 559. The van der Waals surface area contributed by atoms with Crippen molar-refractivity contribution >= 4 is 23.3 Å². The summed E-state index contributed by atoms with van der Waals surface area (Å²) < 4.78 is 0. The zero-order valence-electron chi connectivity index (χ0n) is 12.4. The van der Waals surface area contributed by atoms with Crippen molar-refractivity contribution in [3.05, 3.63) is 16.1 Å². The molecule has 0 radical (unpaired) electrons. The lowest BCUT2D eigenvalue weighted by molar-refractivity contribution is -0.132. The van der Waals surface area contributed by atoms with E-state index >= 15 is 0 Å². The van der Waals surface area contributed by atoms with Crippen LogP contribution in [0.1, 0.15) is 17.6 Å². The summed E-state index contributed by atoms with van der Waals surface area (Å²) in [6, 6.07) is 0.223. The van der Waals surface area contributed by atoms with Crippen molar-refractivity contribution in [3.63, 3.8) is 0 Å². The summed E-state index contributed by atoms with van der Waals surface area (Å²) in [5.41, 5.74) is 0.865. The van der Waals surface area contributed by atoms with Crippen molar-refractivity contribution in [2.45, 2.75) is 25.8 Å². The number of aryl methyl sites for hydroxylation is 1. The molecule has 0 unspecified atom stereocenters. The van der Waals surface area contributed by atoms with Gasteiger partial charge in [-0.05, 0) is 6.42 Å². The predicted octanol–water partition coefficient (Wildman–Crippen LogP) is 0.826. The van der Waals surface area contributed by atoms with Crippen LogP contribution in [0.3, 0.4) is 0 Å². The highest BCUT2D eigenvalue weighted by Gasteiger charge is 2.39. The lowest BCUT2D eigenvalue weighted by atomic mass is 10.1. The van der Waals surface area contributed by atoms with Gasteiger partial charge in [-0.3, -0.25) is 4.79 Å². The monoisotopic (exact) mass is 308 g/mol. The molecule has 2 aliphatic heterocycles. The fraction of sp³-hybridized carbons (Fsp3) is 0.643. The Morgan fingerprint density at radius 3 is 2.95 bits per heavy atom. The Kier molecular flexibility index (Phi) is 3.84. The molecule has 3 amide bonds. The second-order valence-electron chi connectivity index (χ2n) is 5.61. The smallest absolute Gasteiger partial charge is 0.320 e. The molecule has 2 aliphatic rings. The summed E-state index contributed by atoms with van der Waals surface area (Å²) in [7, 11) is 1.81. The zero-order valence-corrected chi connectivity index (χ0v) is 13.2. The van der Waals surface area contributed by atoms with Crippen LogP contribution in [0.2, 0.25) is 0 Å². The van der Waals surface area contributed by atoms with Crippen molar-refractivity contribution in [3.8, 4) is 0 Å². The number of nitrogens with zero attached hydrogens (tertiary/aromatic N) is 4. The number of rotatable bonds is 3. The zero-order chi connectivity index (χ0) is 15.0. The topological polar surface area (TPSA) is 56.8 Å². The molecule has 1 atom stereocenters. The minimum absolute atomic E-state index is 0.0826. The number of amides is 3. The van der Waals surface area contributed by atoms with Crippen molar-refractivity contribution in [1.29, 1.82) is 0 Å². The number of aromatic nitrogens is 1. The van der Waals surface area contributed by atoms with E-state index in [2.05, 4.69) is 11.9 Å². The normalized spacial score (nSPS) is 21.9. The third-order valence-corrected chi connectivity index (χ3v) is 5.17. The Morgan fingerprint density at radius 1 is 1.43 bits per heavy atom. The Hall–Kier alpha value is -1.63. The SMILES string of the molecule is CCc1nc(CC(=O)N2CCN3C(=O)N(C)C[C@@H]3C2)cs1. The van der Waals surface area contributed by atoms with E-state index in [-0.39, 0.29) is 18.0 Å². The molecule has 1 aromatic rings. The van der Waals surface area contributed by atoms with Gasteiger partial charge in [-0.2, -0.15) is 0 Å². The van der Waals surface area contributed by atoms with Crippen LogP contribution in [0, 0.1) is 0 Å². The third-order valence-electron chi connectivity index (χ3n) is 4.13. The van der Waals surface area contributed by atoms with Gasteiger partial charge in [-0.25, -0.2) is 9.78 Å². The van der Waals surface area contributed by atoms with E-state index in [0.29, 0.717) is 32.6 Å². The van der Waals surface area contributed by atoms with Gasteiger partial charge in [0.25, 0.3) is 0 Å². The van der Waals surface area contributed by atoms with E-state index in [1.54, 1.807) is 16.2 Å². The molecule has 0 aliphatic carbocycles. The number of piperazine rings is 1. The molecule has 0 bridgehead atoms. The Balaban J connectivity index is 1.60.